The molecule has 1 N–H and O–H groups in total. The molecule has 1 atom stereocenters. The van der Waals surface area contributed by atoms with Gasteiger partial charge in [-0.1, -0.05) is 0 Å². The Morgan fingerprint density at radius 2 is 2.14 bits per heavy atom. The van der Waals surface area contributed by atoms with Gasteiger partial charge in [0, 0.05) is 25.2 Å². The molecule has 8 heteroatoms. The highest BCUT2D eigenvalue weighted by molar-refractivity contribution is 5.95. The summed E-state index contributed by atoms with van der Waals surface area (Å²) in [6.45, 7) is -1.37. The maximum Gasteiger partial charge on any atom is 0.387 e. The molecule has 1 saturated heterocycles. The highest BCUT2D eigenvalue weighted by Gasteiger charge is 2.25. The molecule has 1 fully saturated rings. The summed E-state index contributed by atoms with van der Waals surface area (Å²) in [5.74, 6) is -0.209. The zero-order chi connectivity index (χ0) is 15.4. The van der Waals surface area contributed by atoms with Crippen LogP contribution < -0.4 is 14.8 Å². The Labute approximate surface area is 134 Å². The van der Waals surface area contributed by atoms with Gasteiger partial charge in [-0.25, -0.2) is 0 Å². The highest BCUT2D eigenvalue weighted by Crippen LogP contribution is 2.30. The number of nitrogens with zero attached hydrogens (tertiary/aromatic N) is 1. The predicted molar refractivity (Wildman–Crippen MR) is 80.2 cm³/mol. The summed E-state index contributed by atoms with van der Waals surface area (Å²) in [5.41, 5.74) is 0.292. The Bertz CT molecular complexity index is 511. The van der Waals surface area contributed by atoms with Crippen LogP contribution in [-0.4, -0.2) is 50.7 Å². The number of ether oxygens (including phenoxy) is 2. The monoisotopic (exact) mass is 336 g/mol. The van der Waals surface area contributed by atoms with Crippen molar-refractivity contribution in [2.24, 2.45) is 0 Å². The number of alkyl halides is 2. The standard InChI is InChI=1S/C14H18F2N2O3.ClH/c1-18(10-5-6-17-8-10)13(19)9-3-4-11(20-2)12(7-9)21-14(15)16;/h3-4,7,10,14,17H,5-6,8H2,1-2H3;1H. The Balaban J connectivity index is 0.00000242. The molecular weight excluding hydrogens is 318 g/mol. The second-order valence-electron chi connectivity index (χ2n) is 4.81. The number of carbonyl (C=O) groups is 1. The van der Waals surface area contributed by atoms with Crippen LogP contribution in [0.5, 0.6) is 11.5 Å². The van der Waals surface area contributed by atoms with Crippen molar-refractivity contribution in [2.45, 2.75) is 19.1 Å². The first-order valence-electron chi connectivity index (χ1n) is 6.63. The first-order valence-corrected chi connectivity index (χ1v) is 6.63. The summed E-state index contributed by atoms with van der Waals surface area (Å²) < 4.78 is 34.1. The molecule has 5 nitrogen and oxygen atoms in total. The van der Waals surface area contributed by atoms with Crippen LogP contribution in [-0.2, 0) is 0 Å². The second-order valence-corrected chi connectivity index (χ2v) is 4.81. The summed E-state index contributed by atoms with van der Waals surface area (Å²) in [7, 11) is 3.06. The van der Waals surface area contributed by atoms with Crippen molar-refractivity contribution in [2.75, 3.05) is 27.2 Å². The summed E-state index contributed by atoms with van der Waals surface area (Å²) in [6.07, 6.45) is 0.874. The molecule has 0 aromatic heterocycles. The molecule has 0 bridgehead atoms. The summed E-state index contributed by atoms with van der Waals surface area (Å²) >= 11 is 0. The van der Waals surface area contributed by atoms with E-state index < -0.39 is 6.61 Å². The molecule has 0 aliphatic carbocycles. The van der Waals surface area contributed by atoms with E-state index in [1.807, 2.05) is 0 Å². The molecule has 2 rings (SSSR count). The topological polar surface area (TPSA) is 50.8 Å². The fourth-order valence-corrected chi connectivity index (χ4v) is 2.34. The quantitative estimate of drug-likeness (QED) is 0.895. The minimum absolute atomic E-state index is 0. The zero-order valence-electron chi connectivity index (χ0n) is 12.3. The van der Waals surface area contributed by atoms with Crippen LogP contribution in [0.3, 0.4) is 0 Å². The van der Waals surface area contributed by atoms with Crippen LogP contribution >= 0.6 is 12.4 Å². The first kappa shape index (κ1) is 18.4. The van der Waals surface area contributed by atoms with Gasteiger partial charge in [-0.05, 0) is 31.2 Å². The average Bonchev–Trinajstić information content (AvgIpc) is 2.99. The minimum Gasteiger partial charge on any atom is -0.493 e. The Hall–Kier alpha value is -1.60. The molecule has 1 unspecified atom stereocenters. The Morgan fingerprint density at radius 1 is 1.41 bits per heavy atom. The molecular formula is C14H19ClF2N2O3. The third-order valence-electron chi connectivity index (χ3n) is 3.53. The average molecular weight is 337 g/mol. The Morgan fingerprint density at radius 3 is 2.68 bits per heavy atom. The number of hydrogen-bond acceptors (Lipinski definition) is 4. The number of methoxy groups -OCH3 is 1. The molecule has 0 saturated carbocycles. The van der Waals surface area contributed by atoms with Gasteiger partial charge in [0.1, 0.15) is 0 Å². The van der Waals surface area contributed by atoms with E-state index in [0.717, 1.165) is 19.5 Å². The smallest absolute Gasteiger partial charge is 0.387 e. The molecule has 1 heterocycles. The lowest BCUT2D eigenvalue weighted by atomic mass is 10.1. The number of rotatable bonds is 5. The number of halogens is 3. The van der Waals surface area contributed by atoms with Gasteiger partial charge < -0.3 is 19.7 Å². The van der Waals surface area contributed by atoms with Crippen LogP contribution in [0.2, 0.25) is 0 Å². The largest absolute Gasteiger partial charge is 0.493 e. The van der Waals surface area contributed by atoms with Gasteiger partial charge in [0.05, 0.1) is 7.11 Å². The van der Waals surface area contributed by atoms with Crippen LogP contribution in [0.15, 0.2) is 18.2 Å². The van der Waals surface area contributed by atoms with Crippen molar-refractivity contribution in [1.29, 1.82) is 0 Å². The number of hydrogen-bond donors (Lipinski definition) is 1. The summed E-state index contributed by atoms with van der Waals surface area (Å²) in [6, 6.07) is 4.38. The second kappa shape index (κ2) is 8.14. The number of likely N-dealkylation sites (N-methyl/N-ethyl adjacent to an activating group) is 1. The fraction of sp³-hybridized carbons (Fsp3) is 0.500. The molecule has 124 valence electrons. The van der Waals surface area contributed by atoms with E-state index in [1.54, 1.807) is 18.0 Å². The van der Waals surface area contributed by atoms with Gasteiger partial charge in [0.25, 0.3) is 5.91 Å². The summed E-state index contributed by atoms with van der Waals surface area (Å²) in [4.78, 5) is 14.0. The van der Waals surface area contributed by atoms with E-state index in [4.69, 9.17) is 4.74 Å². The third kappa shape index (κ3) is 4.20. The zero-order valence-corrected chi connectivity index (χ0v) is 13.2. The lowest BCUT2D eigenvalue weighted by Gasteiger charge is -2.24. The maximum absolute atomic E-state index is 12.4. The van der Waals surface area contributed by atoms with Crippen LogP contribution in [0.1, 0.15) is 16.8 Å². The number of benzene rings is 1. The van der Waals surface area contributed by atoms with Crippen molar-refractivity contribution in [3.63, 3.8) is 0 Å². The number of carbonyl (C=O) groups excluding carboxylic acids is 1. The molecule has 0 spiro atoms. The normalized spacial score (nSPS) is 17.0. The number of amides is 1. The third-order valence-corrected chi connectivity index (χ3v) is 3.53. The van der Waals surface area contributed by atoms with Gasteiger partial charge in [-0.3, -0.25) is 4.79 Å². The lowest BCUT2D eigenvalue weighted by molar-refractivity contribution is -0.0512. The highest BCUT2D eigenvalue weighted by atomic mass is 35.5. The van der Waals surface area contributed by atoms with E-state index in [9.17, 15) is 13.6 Å². The summed E-state index contributed by atoms with van der Waals surface area (Å²) in [5, 5.41) is 3.18. The van der Waals surface area contributed by atoms with E-state index >= 15 is 0 Å². The van der Waals surface area contributed by atoms with Crippen molar-refractivity contribution in [3.8, 4) is 11.5 Å². The van der Waals surface area contributed by atoms with Crippen LogP contribution in [0.4, 0.5) is 8.78 Å². The molecule has 1 aliphatic rings. The SMILES string of the molecule is COc1ccc(C(=O)N(C)C2CCNC2)cc1OC(F)F.Cl. The predicted octanol–water partition coefficient (Wildman–Crippen LogP) is 2.15. The lowest BCUT2D eigenvalue weighted by Crippen LogP contribution is -2.38. The van der Waals surface area contributed by atoms with Gasteiger partial charge in [-0.2, -0.15) is 8.78 Å². The fourth-order valence-electron chi connectivity index (χ4n) is 2.34. The molecule has 0 radical (unpaired) electrons. The van der Waals surface area contributed by atoms with Crippen LogP contribution in [0.25, 0.3) is 0 Å². The van der Waals surface area contributed by atoms with E-state index in [1.165, 1.54) is 19.2 Å². The van der Waals surface area contributed by atoms with Gasteiger partial charge in [0.15, 0.2) is 11.5 Å². The minimum atomic E-state index is -2.97. The molecule has 1 aliphatic heterocycles. The van der Waals surface area contributed by atoms with Crippen molar-refractivity contribution in [3.05, 3.63) is 23.8 Å². The Kier molecular flexibility index (Phi) is 6.83. The van der Waals surface area contributed by atoms with Crippen molar-refractivity contribution < 1.29 is 23.0 Å². The van der Waals surface area contributed by atoms with E-state index in [-0.39, 0.29) is 35.9 Å². The van der Waals surface area contributed by atoms with Gasteiger partial charge in [-0.15, -0.1) is 12.4 Å². The van der Waals surface area contributed by atoms with Crippen LogP contribution in [0, 0.1) is 0 Å². The van der Waals surface area contributed by atoms with Crippen molar-refractivity contribution >= 4 is 18.3 Å². The molecule has 1 aromatic carbocycles. The van der Waals surface area contributed by atoms with Crippen molar-refractivity contribution in [1.82, 2.24) is 10.2 Å². The first-order chi connectivity index (χ1) is 10.0. The van der Waals surface area contributed by atoms with Gasteiger partial charge in [0.2, 0.25) is 0 Å². The molecule has 1 aromatic rings. The number of nitrogens with one attached hydrogen (secondary N) is 1. The van der Waals surface area contributed by atoms with E-state index in [0.29, 0.717) is 5.56 Å². The maximum atomic E-state index is 12.4. The molecule has 22 heavy (non-hydrogen) atoms. The molecule has 1 amide bonds. The van der Waals surface area contributed by atoms with E-state index in [2.05, 4.69) is 10.1 Å². The van der Waals surface area contributed by atoms with Gasteiger partial charge >= 0.3 is 6.61 Å².